The van der Waals surface area contributed by atoms with Crippen LogP contribution in [0.3, 0.4) is 0 Å². The molecule has 4 aliphatic heterocycles. The average molecular weight is 1320 g/mol. The van der Waals surface area contributed by atoms with Crippen molar-refractivity contribution in [3.63, 3.8) is 0 Å². The number of unbranched alkanes of at least 4 members (excludes halogenated alkanes) is 2. The highest BCUT2D eigenvalue weighted by atomic mass is 16.2. The second kappa shape index (κ2) is 35.2. The van der Waals surface area contributed by atoms with Gasteiger partial charge in [-0.05, 0) is 127 Å². The minimum Gasteiger partial charge on any atom is -0.380 e. The SMILES string of the molecule is CN[C@@H](C)C(=O)N[C@@H]1C(=O)N2[C@@H](CC[C@@H]1CNCc1ccccc1)CC[C@H]2C(=O)N[C@H](C(=O)NCCCCNc1c(NCCCCNC(=O)[C@@H](NC(=O)[C@@H]2CC[C@@H]3CC[C@H](CNCc4ccccc4)[C@H](NC(=O)[C@H](C)NC)C(=O)N32)c2ccccc2)c(=O)c1=O)c1ccccc1. The van der Waals surface area contributed by atoms with Gasteiger partial charge in [0.1, 0.15) is 47.6 Å². The van der Waals surface area contributed by atoms with Gasteiger partial charge in [-0.25, -0.2) is 0 Å². The highest BCUT2D eigenvalue weighted by Gasteiger charge is 2.50. The summed E-state index contributed by atoms with van der Waals surface area (Å²) in [6, 6.07) is 30.5. The van der Waals surface area contributed by atoms with Crippen molar-refractivity contribution in [3.8, 4) is 0 Å². The highest BCUT2D eigenvalue weighted by molar-refractivity contribution is 5.97. The van der Waals surface area contributed by atoms with E-state index in [-0.39, 0.29) is 72.0 Å². The minimum atomic E-state index is -1.07. The van der Waals surface area contributed by atoms with Crippen LogP contribution in [0, 0.1) is 11.8 Å². The number of hydrogen-bond acceptors (Lipinski definition) is 16. The molecule has 0 saturated carbocycles. The summed E-state index contributed by atoms with van der Waals surface area (Å²) >= 11 is 0. The summed E-state index contributed by atoms with van der Waals surface area (Å²) in [5.74, 6) is -3.54. The maximum Gasteiger partial charge on any atom is 0.253 e. The molecular weight excluding hydrogens is 1220 g/mol. The lowest BCUT2D eigenvalue weighted by atomic mass is 9.92. The van der Waals surface area contributed by atoms with Gasteiger partial charge in [0, 0.05) is 76.3 Å². The third-order valence-electron chi connectivity index (χ3n) is 19.4. The van der Waals surface area contributed by atoms with Gasteiger partial charge in [0.05, 0.1) is 12.1 Å². The van der Waals surface area contributed by atoms with Crippen LogP contribution in [0.25, 0.3) is 0 Å². The van der Waals surface area contributed by atoms with Crippen molar-refractivity contribution in [1.82, 2.24) is 63.0 Å². The first-order valence-electron chi connectivity index (χ1n) is 34.2. The number of fused-ring (bicyclic) bond motifs is 2. The molecule has 5 aromatic rings. The second-order valence-electron chi connectivity index (χ2n) is 25.8. The monoisotopic (exact) mass is 1320 g/mol. The maximum atomic E-state index is 14.7. The molecule has 0 spiro atoms. The number of carbonyl (C=O) groups excluding carboxylic acids is 8. The van der Waals surface area contributed by atoms with Crippen molar-refractivity contribution >= 4 is 58.6 Å². The number of amides is 8. The average Bonchev–Trinajstić information content (AvgIpc) is 1.02. The fourth-order valence-electron chi connectivity index (χ4n) is 13.6. The lowest BCUT2D eigenvalue weighted by Crippen LogP contribution is -2.59. The van der Waals surface area contributed by atoms with Crippen LogP contribution in [0.1, 0.15) is 125 Å². The molecule has 0 bridgehead atoms. The molecule has 12 atom stereocenters. The number of carbonyl (C=O) groups is 8. The van der Waals surface area contributed by atoms with Crippen molar-refractivity contribution in [2.45, 2.75) is 164 Å². The Morgan fingerprint density at radius 3 is 1.15 bits per heavy atom. The van der Waals surface area contributed by atoms with E-state index >= 15 is 0 Å². The molecule has 0 aromatic heterocycles. The van der Waals surface area contributed by atoms with E-state index in [0.29, 0.717) is 127 Å². The zero-order valence-electron chi connectivity index (χ0n) is 55.6. The Bertz CT molecular complexity index is 3260. The van der Waals surface area contributed by atoms with E-state index in [1.165, 1.54) is 0 Å². The van der Waals surface area contributed by atoms with Gasteiger partial charge >= 0.3 is 0 Å². The van der Waals surface area contributed by atoms with E-state index in [2.05, 4.69) is 63.8 Å². The van der Waals surface area contributed by atoms with Crippen molar-refractivity contribution in [2.24, 2.45) is 11.8 Å². The first-order valence-corrected chi connectivity index (χ1v) is 34.2. The molecule has 9 rings (SSSR count). The fourth-order valence-corrected chi connectivity index (χ4v) is 13.6. The molecule has 0 radical (unpaired) electrons. The van der Waals surface area contributed by atoms with Crippen LogP contribution in [0.2, 0.25) is 0 Å². The molecule has 514 valence electrons. The van der Waals surface area contributed by atoms with E-state index in [9.17, 15) is 47.9 Å². The zero-order valence-corrected chi connectivity index (χ0v) is 55.6. The summed E-state index contributed by atoms with van der Waals surface area (Å²) < 4.78 is 0. The van der Waals surface area contributed by atoms with Crippen molar-refractivity contribution < 1.29 is 38.4 Å². The lowest BCUT2D eigenvalue weighted by Gasteiger charge is -2.33. The molecule has 4 saturated heterocycles. The standard InChI is InChI=1S/C72H96N14O10/c1-45(73-3)65(89)83-59-51(43-75-41-47-21-9-5-10-22-47)29-31-53-33-35-55(85(53)71(59)95)67(91)81-57(49-25-13-7-14-26-49)69(93)79-39-19-17-37-77-61-62(64(88)63(61)87)78-38-18-20-40-80-70(94)58(50-27-15-8-16-28-50)82-68(92)56-36-34-54-32-30-52(44-76-42-48-23-11-6-12-24-48)60(72(96)86(54)56)84-66(90)46(2)74-4/h5-16,21-28,45-46,51-60,73-78H,17-20,29-44H2,1-4H3,(H,79,93)(H,80,94)(H,81,91)(H,82,92)(H,83,89)(H,84,90)/t45-,46-,51+,52+,53-,54-,55-,56-,57-,58-,59-,60-/m0/s1. The van der Waals surface area contributed by atoms with E-state index in [4.69, 9.17) is 0 Å². The molecular formula is C72H96N14O10. The van der Waals surface area contributed by atoms with Crippen molar-refractivity contribution in [3.05, 3.63) is 164 Å². The molecule has 4 aliphatic rings. The van der Waals surface area contributed by atoms with Gasteiger partial charge in [0.15, 0.2) is 0 Å². The number of rotatable bonds is 34. The van der Waals surface area contributed by atoms with Gasteiger partial charge in [-0.3, -0.25) is 47.9 Å². The smallest absolute Gasteiger partial charge is 0.253 e. The third-order valence-corrected chi connectivity index (χ3v) is 19.4. The van der Waals surface area contributed by atoms with Crippen LogP contribution >= 0.6 is 0 Å². The number of nitrogens with one attached hydrogen (secondary N) is 12. The minimum absolute atomic E-state index is 0.175. The Labute approximate surface area is 561 Å². The molecule has 0 aliphatic carbocycles. The van der Waals surface area contributed by atoms with Crippen LogP contribution in [-0.2, 0) is 51.4 Å². The van der Waals surface area contributed by atoms with Gasteiger partial charge in [-0.15, -0.1) is 0 Å². The molecule has 4 fully saturated rings. The maximum absolute atomic E-state index is 14.7. The number of nitrogens with zero attached hydrogens (tertiary/aromatic N) is 2. The van der Waals surface area contributed by atoms with Gasteiger partial charge in [-0.1, -0.05) is 121 Å². The van der Waals surface area contributed by atoms with E-state index in [0.717, 1.165) is 11.1 Å². The fraction of sp³-hybridized carbons (Fsp3) is 0.500. The van der Waals surface area contributed by atoms with Gasteiger partial charge in [0.2, 0.25) is 47.3 Å². The molecule has 8 amide bonds. The van der Waals surface area contributed by atoms with Crippen molar-refractivity contribution in [2.75, 3.05) is 64.0 Å². The van der Waals surface area contributed by atoms with E-state index in [1.54, 1.807) is 86.3 Å². The summed E-state index contributed by atoms with van der Waals surface area (Å²) in [7, 11) is 3.36. The Kier molecular flexibility index (Phi) is 26.2. The summed E-state index contributed by atoms with van der Waals surface area (Å²) in [6.07, 6.45) is 6.62. The molecule has 0 unspecified atom stereocenters. The van der Waals surface area contributed by atoms with Crippen LogP contribution < -0.4 is 74.7 Å². The topological polar surface area (TPSA) is 322 Å². The van der Waals surface area contributed by atoms with Crippen LogP contribution in [-0.4, -0.2) is 159 Å². The Balaban J connectivity index is 0.722. The number of anilines is 2. The van der Waals surface area contributed by atoms with E-state index in [1.807, 2.05) is 72.8 Å². The van der Waals surface area contributed by atoms with Crippen LogP contribution in [0.5, 0.6) is 0 Å². The molecule has 4 heterocycles. The Morgan fingerprint density at radius 2 is 0.781 bits per heavy atom. The lowest BCUT2D eigenvalue weighted by molar-refractivity contribution is -0.144. The molecule has 96 heavy (non-hydrogen) atoms. The van der Waals surface area contributed by atoms with Crippen LogP contribution in [0.4, 0.5) is 11.4 Å². The number of hydrogen-bond donors (Lipinski definition) is 12. The van der Waals surface area contributed by atoms with Crippen LogP contribution in [0.15, 0.2) is 131 Å². The Hall–Kier alpha value is -8.84. The predicted octanol–water partition coefficient (Wildman–Crippen LogP) is 2.92. The summed E-state index contributed by atoms with van der Waals surface area (Å²) in [4.78, 5) is 142. The van der Waals surface area contributed by atoms with Gasteiger partial charge < -0.3 is 73.6 Å². The van der Waals surface area contributed by atoms with Crippen molar-refractivity contribution in [1.29, 1.82) is 0 Å². The summed E-state index contributed by atoms with van der Waals surface area (Å²) in [6.45, 7) is 6.70. The first kappa shape index (κ1) is 71.5. The normalized spacial score (nSPS) is 22.0. The Morgan fingerprint density at radius 1 is 0.438 bits per heavy atom. The second-order valence-corrected chi connectivity index (χ2v) is 25.8. The predicted molar refractivity (Wildman–Crippen MR) is 367 cm³/mol. The molecule has 12 N–H and O–H groups in total. The first-order chi connectivity index (χ1) is 46.6. The third kappa shape index (κ3) is 18.4. The van der Waals surface area contributed by atoms with E-state index < -0.39 is 82.8 Å². The zero-order chi connectivity index (χ0) is 68.1. The van der Waals surface area contributed by atoms with Gasteiger partial charge in [-0.2, -0.15) is 0 Å². The quantitative estimate of drug-likeness (QED) is 0.0208. The molecule has 24 heteroatoms. The van der Waals surface area contributed by atoms with Gasteiger partial charge in [0.25, 0.3) is 10.9 Å². The summed E-state index contributed by atoms with van der Waals surface area (Å²) in [5, 5.41) is 36.9. The molecule has 5 aromatic carbocycles. The largest absolute Gasteiger partial charge is 0.380 e. The number of benzene rings is 4. The highest BCUT2D eigenvalue weighted by Crippen LogP contribution is 2.36. The summed E-state index contributed by atoms with van der Waals surface area (Å²) in [5.41, 5.74) is 2.37. The number of likely N-dealkylation sites (N-methyl/N-ethyl adjacent to an activating group) is 2. The molecule has 24 nitrogen and oxygen atoms in total.